The van der Waals surface area contributed by atoms with Crippen molar-refractivity contribution >= 4 is 76.2 Å². The molecule has 38 heavy (non-hydrogen) atoms. The lowest BCUT2D eigenvalue weighted by Crippen LogP contribution is -2.03. The van der Waals surface area contributed by atoms with Crippen LogP contribution in [0.15, 0.2) is 112 Å². The number of aryl methyl sites for hydroxylation is 1. The molecule has 182 valence electrons. The Labute approximate surface area is 227 Å². The Morgan fingerprint density at radius 3 is 2.29 bits per heavy atom. The van der Waals surface area contributed by atoms with Crippen LogP contribution in [0.25, 0.3) is 53.3 Å². The summed E-state index contributed by atoms with van der Waals surface area (Å²) < 4.78 is 13.5. The molecular formula is C34H21ClO2S. The Morgan fingerprint density at radius 2 is 1.37 bits per heavy atom. The van der Waals surface area contributed by atoms with Gasteiger partial charge in [0, 0.05) is 42.6 Å². The fraction of sp³-hybridized carbons (Fsp3) is 0.0588. The highest BCUT2D eigenvalue weighted by molar-refractivity contribution is 7.25. The van der Waals surface area contributed by atoms with Crippen molar-refractivity contribution in [2.75, 3.05) is 0 Å². The van der Waals surface area contributed by atoms with E-state index >= 15 is 0 Å². The molecule has 0 aliphatic carbocycles. The number of halogens is 1. The fourth-order valence-electron chi connectivity index (χ4n) is 5.83. The molecule has 0 bridgehead atoms. The van der Waals surface area contributed by atoms with Crippen molar-refractivity contribution in [3.8, 4) is 0 Å². The van der Waals surface area contributed by atoms with Crippen molar-refractivity contribution in [2.45, 2.75) is 12.8 Å². The molecule has 0 radical (unpaired) electrons. The van der Waals surface area contributed by atoms with Crippen LogP contribution in [0.5, 0.6) is 0 Å². The predicted molar refractivity (Wildman–Crippen MR) is 160 cm³/mol. The van der Waals surface area contributed by atoms with Gasteiger partial charge in [-0.25, -0.2) is 0 Å². The Balaban J connectivity index is 1.36. The van der Waals surface area contributed by atoms with Crippen molar-refractivity contribution in [3.05, 3.63) is 130 Å². The molecule has 0 spiro atoms. The molecule has 0 N–H and O–H groups in total. The van der Waals surface area contributed by atoms with E-state index in [-0.39, 0.29) is 5.92 Å². The number of para-hydroxylation sites is 1. The molecule has 0 saturated carbocycles. The van der Waals surface area contributed by atoms with Gasteiger partial charge in [-0.05, 0) is 66.1 Å². The first kappa shape index (κ1) is 22.0. The summed E-state index contributed by atoms with van der Waals surface area (Å²) in [6, 6.07) is 36.4. The molecule has 0 amide bonds. The van der Waals surface area contributed by atoms with Gasteiger partial charge in [-0.3, -0.25) is 0 Å². The van der Waals surface area contributed by atoms with Crippen LogP contribution < -0.4 is 0 Å². The smallest absolute Gasteiger partial charge is 0.190 e. The second-order valence-corrected chi connectivity index (χ2v) is 11.4. The number of furan rings is 2. The predicted octanol–water partition coefficient (Wildman–Crippen LogP) is 10.8. The minimum Gasteiger partial charge on any atom is -0.456 e. The summed E-state index contributed by atoms with van der Waals surface area (Å²) >= 11 is 8.03. The Bertz CT molecular complexity index is 2180. The maximum Gasteiger partial charge on any atom is 0.190 e. The third-order valence-electron chi connectivity index (χ3n) is 7.54. The van der Waals surface area contributed by atoms with Crippen LogP contribution in [0.1, 0.15) is 28.2 Å². The third kappa shape index (κ3) is 3.32. The van der Waals surface area contributed by atoms with E-state index in [0.29, 0.717) is 0 Å². The Hall–Kier alpha value is -4.05. The van der Waals surface area contributed by atoms with Crippen LogP contribution in [-0.4, -0.2) is 0 Å². The molecule has 0 aliphatic rings. The lowest BCUT2D eigenvalue weighted by atomic mass is 9.84. The van der Waals surface area contributed by atoms with Crippen molar-refractivity contribution in [1.29, 1.82) is 0 Å². The van der Waals surface area contributed by atoms with Gasteiger partial charge in [-0.15, -0.1) is 0 Å². The lowest BCUT2D eigenvalue weighted by Gasteiger charge is -2.20. The number of thiophene rings is 1. The highest BCUT2D eigenvalue weighted by atomic mass is 35.5. The van der Waals surface area contributed by atoms with E-state index in [1.165, 1.54) is 32.3 Å². The van der Waals surface area contributed by atoms with Gasteiger partial charge in [0.05, 0.1) is 0 Å². The molecule has 0 aliphatic heterocycles. The van der Waals surface area contributed by atoms with Gasteiger partial charge in [0.2, 0.25) is 0 Å². The highest BCUT2D eigenvalue weighted by Gasteiger charge is 2.21. The quantitative estimate of drug-likeness (QED) is 0.213. The number of hydrogen-bond acceptors (Lipinski definition) is 3. The number of benzene rings is 5. The summed E-state index contributed by atoms with van der Waals surface area (Å²) in [5.41, 5.74) is 7.72. The second-order valence-electron chi connectivity index (χ2n) is 9.96. The van der Waals surface area contributed by atoms with Crippen LogP contribution >= 0.6 is 22.9 Å². The minimum atomic E-state index is 0.0805. The first-order valence-electron chi connectivity index (χ1n) is 12.6. The van der Waals surface area contributed by atoms with E-state index in [0.717, 1.165) is 48.2 Å². The first-order chi connectivity index (χ1) is 18.6. The molecule has 2 nitrogen and oxygen atoms in total. The summed E-state index contributed by atoms with van der Waals surface area (Å²) in [7, 11) is 0. The molecular weight excluding hydrogens is 508 g/mol. The number of rotatable bonds is 3. The molecule has 8 aromatic rings. The molecule has 1 atom stereocenters. The Kier molecular flexibility index (Phi) is 4.76. The standard InChI is InChI=1S/C34H21ClO2S/c1-19-5-4-6-20(15-19)32(21-10-13-29-26(16-21)24-7-2-3-8-28(24)36-29)22-9-12-25-31(17-22)38-34-33(25)27-18-23(35)11-14-30(27)37-34/h2-18,32H,1H3. The normalized spacial score (nSPS) is 12.9. The van der Waals surface area contributed by atoms with Crippen LogP contribution in [0.2, 0.25) is 5.02 Å². The maximum absolute atomic E-state index is 6.33. The SMILES string of the molecule is Cc1cccc(C(c2ccc3c(c2)sc2oc4ccc(Cl)cc4c23)c2ccc3oc4ccccc4c3c2)c1. The van der Waals surface area contributed by atoms with Crippen molar-refractivity contribution in [2.24, 2.45) is 0 Å². The van der Waals surface area contributed by atoms with Crippen LogP contribution in [-0.2, 0) is 0 Å². The minimum absolute atomic E-state index is 0.0805. The highest BCUT2D eigenvalue weighted by Crippen LogP contribution is 2.44. The van der Waals surface area contributed by atoms with Gasteiger partial charge in [-0.2, -0.15) is 0 Å². The Morgan fingerprint density at radius 1 is 0.605 bits per heavy atom. The summed E-state index contributed by atoms with van der Waals surface area (Å²) in [5.74, 6) is 0.0805. The topological polar surface area (TPSA) is 26.3 Å². The van der Waals surface area contributed by atoms with E-state index in [1.54, 1.807) is 11.3 Å². The maximum atomic E-state index is 6.33. The fourth-order valence-corrected chi connectivity index (χ4v) is 7.13. The molecule has 4 heteroatoms. The van der Waals surface area contributed by atoms with Crippen LogP contribution in [0.3, 0.4) is 0 Å². The van der Waals surface area contributed by atoms with Gasteiger partial charge < -0.3 is 8.83 Å². The van der Waals surface area contributed by atoms with E-state index in [1.807, 2.05) is 30.3 Å². The summed E-state index contributed by atoms with van der Waals surface area (Å²) in [5, 5.41) is 6.43. The molecule has 1 unspecified atom stereocenters. The molecule has 0 saturated heterocycles. The van der Waals surface area contributed by atoms with Crippen molar-refractivity contribution in [3.63, 3.8) is 0 Å². The van der Waals surface area contributed by atoms with Crippen LogP contribution in [0, 0.1) is 6.92 Å². The lowest BCUT2D eigenvalue weighted by molar-refractivity contribution is 0.668. The van der Waals surface area contributed by atoms with E-state index < -0.39 is 0 Å². The summed E-state index contributed by atoms with van der Waals surface area (Å²) in [6.45, 7) is 2.15. The molecule has 3 aromatic heterocycles. The average Bonchev–Trinajstić information content (AvgIpc) is 3.58. The zero-order valence-corrected chi connectivity index (χ0v) is 22.1. The van der Waals surface area contributed by atoms with Crippen molar-refractivity contribution < 1.29 is 8.83 Å². The largest absolute Gasteiger partial charge is 0.456 e. The molecule has 3 heterocycles. The van der Waals surface area contributed by atoms with Gasteiger partial charge in [0.15, 0.2) is 4.90 Å². The zero-order valence-electron chi connectivity index (χ0n) is 20.5. The van der Waals surface area contributed by atoms with Gasteiger partial charge in [0.1, 0.15) is 16.7 Å². The number of hydrogen-bond donors (Lipinski definition) is 0. The summed E-state index contributed by atoms with van der Waals surface area (Å²) in [4.78, 5) is 0.938. The number of fused-ring (bicyclic) bond motifs is 8. The van der Waals surface area contributed by atoms with E-state index in [2.05, 4.69) is 79.7 Å². The monoisotopic (exact) mass is 528 g/mol. The first-order valence-corrected chi connectivity index (χ1v) is 13.8. The molecule has 5 aromatic carbocycles. The zero-order chi connectivity index (χ0) is 25.4. The van der Waals surface area contributed by atoms with E-state index in [4.69, 9.17) is 20.4 Å². The average molecular weight is 529 g/mol. The molecule has 8 rings (SSSR count). The second kappa shape index (κ2) is 8.22. The van der Waals surface area contributed by atoms with Gasteiger partial charge in [-0.1, -0.05) is 89.2 Å². The summed E-state index contributed by atoms with van der Waals surface area (Å²) in [6.07, 6.45) is 0. The molecule has 0 fully saturated rings. The van der Waals surface area contributed by atoms with Crippen LogP contribution in [0.4, 0.5) is 0 Å². The van der Waals surface area contributed by atoms with Gasteiger partial charge >= 0.3 is 0 Å². The van der Waals surface area contributed by atoms with E-state index in [9.17, 15) is 0 Å². The third-order valence-corrected chi connectivity index (χ3v) is 8.80. The van der Waals surface area contributed by atoms with Gasteiger partial charge in [0.25, 0.3) is 0 Å². The van der Waals surface area contributed by atoms with Crippen molar-refractivity contribution in [1.82, 2.24) is 0 Å².